The number of ether oxygens (including phenoxy) is 1. The molecule has 0 spiro atoms. The van der Waals surface area contributed by atoms with Crippen LogP contribution in [0.4, 0.5) is 5.69 Å². The molecule has 0 N–H and O–H groups in total. The number of unbranched alkanes of at least 4 members (excludes halogenated alkanes) is 3. The van der Waals surface area contributed by atoms with Crippen LogP contribution in [0.3, 0.4) is 0 Å². The molecule has 0 saturated carbocycles. The summed E-state index contributed by atoms with van der Waals surface area (Å²) in [6.07, 6.45) is 15.4. The Morgan fingerprint density at radius 1 is 0.896 bits per heavy atom. The van der Waals surface area contributed by atoms with Crippen molar-refractivity contribution < 1.29 is 9.53 Å². The lowest BCUT2D eigenvalue weighted by molar-refractivity contribution is 0.112. The SMILES string of the molecule is C=CCN(CCN1CCCCC1)CCN(CC(C)C=C)c1cc(C=O)ccc1C(C)CCCCCC.CC.CC.COc1ccccc1. The summed E-state index contributed by atoms with van der Waals surface area (Å²) in [5.74, 6) is 1.76. The van der Waals surface area contributed by atoms with Gasteiger partial charge in [0.25, 0.3) is 0 Å². The molecule has 1 fully saturated rings. The van der Waals surface area contributed by atoms with Gasteiger partial charge in [0, 0.05) is 50.5 Å². The highest BCUT2D eigenvalue weighted by Crippen LogP contribution is 2.32. The van der Waals surface area contributed by atoms with Crippen LogP contribution in [0.15, 0.2) is 73.8 Å². The van der Waals surface area contributed by atoms with Crippen molar-refractivity contribution in [1.82, 2.24) is 9.80 Å². The van der Waals surface area contributed by atoms with Gasteiger partial charge in [-0.2, -0.15) is 0 Å². The number of aldehydes is 1. The number of carbonyl (C=O) groups excluding carboxylic acids is 1. The highest BCUT2D eigenvalue weighted by atomic mass is 16.5. The molecule has 0 aromatic heterocycles. The molecular formula is C43H73N3O2. The Kier molecular flexibility index (Phi) is 28.4. The van der Waals surface area contributed by atoms with E-state index >= 15 is 0 Å². The molecule has 1 saturated heterocycles. The lowest BCUT2D eigenvalue weighted by atomic mass is 9.91. The van der Waals surface area contributed by atoms with E-state index in [2.05, 4.69) is 60.8 Å². The van der Waals surface area contributed by atoms with Gasteiger partial charge >= 0.3 is 0 Å². The van der Waals surface area contributed by atoms with Gasteiger partial charge in [0.05, 0.1) is 7.11 Å². The molecule has 2 aromatic rings. The first-order chi connectivity index (χ1) is 23.4. The Hall–Kier alpha value is -2.89. The van der Waals surface area contributed by atoms with E-state index in [1.54, 1.807) is 7.11 Å². The summed E-state index contributed by atoms with van der Waals surface area (Å²) in [6.45, 7) is 31.4. The standard InChI is InChI=1S/C32H53N3O.C7H8O.2C2H6/c1-6-9-10-12-15-29(5)31-17-16-30(27-36)25-32(31)35(26-28(4)8-3)24-23-33(18-7-2)21-22-34-19-13-11-14-20-34;1-8-7-5-3-2-4-6-7;2*1-2/h7-8,16-17,25,27-29H,2-3,6,9-15,18-24,26H2,1,4-5H3;2-6H,1H3;2*1-2H3. The van der Waals surface area contributed by atoms with Crippen molar-refractivity contribution in [3.8, 4) is 5.75 Å². The van der Waals surface area contributed by atoms with E-state index in [-0.39, 0.29) is 0 Å². The number of carbonyl (C=O) groups is 1. The molecular weight excluding hydrogens is 590 g/mol. The largest absolute Gasteiger partial charge is 0.497 e. The van der Waals surface area contributed by atoms with Gasteiger partial charge in [0.1, 0.15) is 12.0 Å². The molecule has 0 radical (unpaired) electrons. The van der Waals surface area contributed by atoms with E-state index in [1.165, 1.54) is 75.7 Å². The maximum absolute atomic E-state index is 11.7. The Labute approximate surface area is 297 Å². The van der Waals surface area contributed by atoms with E-state index in [9.17, 15) is 4.79 Å². The first-order valence-corrected chi connectivity index (χ1v) is 19.1. The third kappa shape index (κ3) is 19.2. The number of anilines is 1. The van der Waals surface area contributed by atoms with Crippen LogP contribution in [0.1, 0.15) is 122 Å². The van der Waals surface area contributed by atoms with Gasteiger partial charge in [0.15, 0.2) is 0 Å². The van der Waals surface area contributed by atoms with Crippen LogP contribution in [0.2, 0.25) is 0 Å². The summed E-state index contributed by atoms with van der Waals surface area (Å²) in [7, 11) is 1.66. The molecule has 5 heteroatoms. The number of para-hydroxylation sites is 1. The lowest BCUT2D eigenvalue weighted by Gasteiger charge is -2.34. The summed E-state index contributed by atoms with van der Waals surface area (Å²) >= 11 is 0. The van der Waals surface area contributed by atoms with Crippen LogP contribution >= 0.6 is 0 Å². The molecule has 0 aliphatic carbocycles. The fourth-order valence-corrected chi connectivity index (χ4v) is 5.85. The quantitative estimate of drug-likeness (QED) is 0.0800. The minimum absolute atomic E-state index is 0.374. The van der Waals surface area contributed by atoms with Gasteiger partial charge in [-0.05, 0) is 68.0 Å². The molecule has 272 valence electrons. The maximum Gasteiger partial charge on any atom is 0.150 e. The molecule has 0 amide bonds. The monoisotopic (exact) mass is 664 g/mol. The van der Waals surface area contributed by atoms with Crippen molar-refractivity contribution in [1.29, 1.82) is 0 Å². The van der Waals surface area contributed by atoms with E-state index in [4.69, 9.17) is 4.74 Å². The van der Waals surface area contributed by atoms with Crippen LogP contribution in [0.5, 0.6) is 5.75 Å². The van der Waals surface area contributed by atoms with Gasteiger partial charge < -0.3 is 14.5 Å². The zero-order chi connectivity index (χ0) is 36.0. The van der Waals surface area contributed by atoms with Gasteiger partial charge in [0.2, 0.25) is 0 Å². The fourth-order valence-electron chi connectivity index (χ4n) is 5.85. The van der Waals surface area contributed by atoms with Gasteiger partial charge in [-0.3, -0.25) is 9.69 Å². The summed E-state index contributed by atoms with van der Waals surface area (Å²) < 4.78 is 4.91. The Morgan fingerprint density at radius 2 is 1.58 bits per heavy atom. The third-order valence-electron chi connectivity index (χ3n) is 8.70. The minimum atomic E-state index is 0.374. The average Bonchev–Trinajstić information content (AvgIpc) is 3.16. The zero-order valence-corrected chi connectivity index (χ0v) is 32.4. The maximum atomic E-state index is 11.7. The number of methoxy groups -OCH3 is 1. The Balaban J connectivity index is 0.00000156. The minimum Gasteiger partial charge on any atom is -0.497 e. The van der Waals surface area contributed by atoms with Crippen molar-refractivity contribution >= 4 is 12.0 Å². The molecule has 3 rings (SSSR count). The molecule has 1 aliphatic rings. The third-order valence-corrected chi connectivity index (χ3v) is 8.70. The number of rotatable bonds is 20. The van der Waals surface area contributed by atoms with Crippen LogP contribution in [0.25, 0.3) is 0 Å². The number of likely N-dealkylation sites (tertiary alicyclic amines) is 1. The smallest absolute Gasteiger partial charge is 0.150 e. The molecule has 5 nitrogen and oxygen atoms in total. The van der Waals surface area contributed by atoms with Crippen LogP contribution < -0.4 is 9.64 Å². The molecule has 48 heavy (non-hydrogen) atoms. The van der Waals surface area contributed by atoms with Crippen LogP contribution in [0, 0.1) is 5.92 Å². The summed E-state index contributed by atoms with van der Waals surface area (Å²) in [5, 5.41) is 0. The molecule has 1 aliphatic heterocycles. The molecule has 2 aromatic carbocycles. The van der Waals surface area contributed by atoms with Crippen molar-refractivity contribution in [3.63, 3.8) is 0 Å². The first-order valence-electron chi connectivity index (χ1n) is 19.1. The normalized spacial score (nSPS) is 13.7. The summed E-state index contributed by atoms with van der Waals surface area (Å²) in [4.78, 5) is 19.4. The van der Waals surface area contributed by atoms with Gasteiger partial charge in [-0.25, -0.2) is 0 Å². The van der Waals surface area contributed by atoms with E-state index < -0.39 is 0 Å². The van der Waals surface area contributed by atoms with Crippen molar-refractivity contribution in [2.24, 2.45) is 5.92 Å². The number of piperidine rings is 1. The molecule has 1 heterocycles. The average molecular weight is 664 g/mol. The van der Waals surface area contributed by atoms with Crippen LogP contribution in [-0.4, -0.2) is 75.6 Å². The molecule has 0 bridgehead atoms. The second kappa shape index (κ2) is 30.2. The van der Waals surface area contributed by atoms with Crippen molar-refractivity contribution in [2.75, 3.05) is 64.4 Å². The Morgan fingerprint density at radius 3 is 2.15 bits per heavy atom. The summed E-state index contributed by atoms with van der Waals surface area (Å²) in [6, 6.07) is 16.0. The van der Waals surface area contributed by atoms with E-state index in [0.29, 0.717) is 11.8 Å². The zero-order valence-electron chi connectivity index (χ0n) is 32.4. The lowest BCUT2D eigenvalue weighted by Crippen LogP contribution is -2.42. The topological polar surface area (TPSA) is 36.0 Å². The Bertz CT molecular complexity index is 1050. The van der Waals surface area contributed by atoms with Crippen molar-refractivity contribution in [2.45, 2.75) is 106 Å². The number of nitrogens with zero attached hydrogens (tertiary/aromatic N) is 3. The van der Waals surface area contributed by atoms with E-state index in [1.807, 2.05) is 76.2 Å². The molecule has 2 atom stereocenters. The van der Waals surface area contributed by atoms with Crippen molar-refractivity contribution in [3.05, 3.63) is 85.0 Å². The van der Waals surface area contributed by atoms with Gasteiger partial charge in [-0.1, -0.05) is 123 Å². The van der Waals surface area contributed by atoms with E-state index in [0.717, 1.165) is 56.9 Å². The number of hydrogen-bond donors (Lipinski definition) is 0. The first kappa shape index (κ1) is 45.1. The highest BCUT2D eigenvalue weighted by Gasteiger charge is 2.19. The fraction of sp³-hybridized carbons (Fsp3) is 0.605. The second-order valence-electron chi connectivity index (χ2n) is 12.4. The summed E-state index contributed by atoms with van der Waals surface area (Å²) in [5.41, 5.74) is 3.36. The van der Waals surface area contributed by atoms with Gasteiger partial charge in [-0.15, -0.1) is 13.2 Å². The predicted octanol–water partition coefficient (Wildman–Crippen LogP) is 10.9. The van der Waals surface area contributed by atoms with Crippen LogP contribution in [-0.2, 0) is 0 Å². The number of hydrogen-bond acceptors (Lipinski definition) is 5. The molecule has 2 unspecified atom stereocenters. The second-order valence-corrected chi connectivity index (χ2v) is 12.4. The highest BCUT2D eigenvalue weighted by molar-refractivity contribution is 5.78. The predicted molar refractivity (Wildman–Crippen MR) is 213 cm³/mol. The number of benzene rings is 2.